The molecule has 2 heterocycles. The lowest BCUT2D eigenvalue weighted by atomic mass is 10.00. The van der Waals surface area contributed by atoms with Crippen LogP contribution in [0.25, 0.3) is 0 Å². The van der Waals surface area contributed by atoms with Crippen molar-refractivity contribution < 1.29 is 4.79 Å². The Morgan fingerprint density at radius 3 is 2.87 bits per heavy atom. The highest BCUT2D eigenvalue weighted by Gasteiger charge is 2.22. The third kappa shape index (κ3) is 3.89. The molecule has 1 N–H and O–H groups in total. The second-order valence-corrected chi connectivity index (χ2v) is 6.24. The van der Waals surface area contributed by atoms with Gasteiger partial charge in [-0.2, -0.15) is 0 Å². The van der Waals surface area contributed by atoms with Gasteiger partial charge < -0.3 is 10.2 Å². The number of rotatable bonds is 4. The van der Waals surface area contributed by atoms with Gasteiger partial charge in [0.1, 0.15) is 5.82 Å². The maximum Gasteiger partial charge on any atom is 0.255 e. The van der Waals surface area contributed by atoms with Crippen molar-refractivity contribution >= 4 is 11.7 Å². The molecule has 1 aliphatic rings. The quantitative estimate of drug-likeness (QED) is 0.943. The van der Waals surface area contributed by atoms with Crippen LogP contribution in [0, 0.1) is 5.92 Å². The molecule has 1 aliphatic heterocycles. The molecule has 120 valence electrons. The van der Waals surface area contributed by atoms with E-state index in [4.69, 9.17) is 0 Å². The molecule has 4 nitrogen and oxygen atoms in total. The molecule has 1 amide bonds. The normalized spacial score (nSPS) is 17.8. The molecule has 0 spiro atoms. The smallest absolute Gasteiger partial charge is 0.255 e. The summed E-state index contributed by atoms with van der Waals surface area (Å²) in [6.45, 7) is 4.73. The lowest BCUT2D eigenvalue weighted by molar-refractivity contribution is 0.0951. The molecule has 2 aromatic rings. The fourth-order valence-electron chi connectivity index (χ4n) is 3.08. The molecule has 4 heteroatoms. The predicted molar refractivity (Wildman–Crippen MR) is 92.5 cm³/mol. The lowest BCUT2D eigenvalue weighted by Gasteiger charge is -2.32. The summed E-state index contributed by atoms with van der Waals surface area (Å²) in [6, 6.07) is 13.6. The van der Waals surface area contributed by atoms with Crippen molar-refractivity contribution in [3.63, 3.8) is 0 Å². The first-order valence-corrected chi connectivity index (χ1v) is 8.26. The van der Waals surface area contributed by atoms with Crippen LogP contribution < -0.4 is 10.2 Å². The second kappa shape index (κ2) is 7.27. The van der Waals surface area contributed by atoms with Crippen LogP contribution in [-0.4, -0.2) is 24.0 Å². The standard InChI is InChI=1S/C19H23N3O/c1-15-7-6-12-22(14-15)18-17(10-5-11-20-18)19(23)21-13-16-8-3-2-4-9-16/h2-5,8-11,15H,6-7,12-14H2,1H3,(H,21,23)/t15-/m1/s1. The average Bonchev–Trinajstić information content (AvgIpc) is 2.60. The van der Waals surface area contributed by atoms with Crippen LogP contribution in [0.3, 0.4) is 0 Å². The van der Waals surface area contributed by atoms with Gasteiger partial charge in [0, 0.05) is 25.8 Å². The number of hydrogen-bond donors (Lipinski definition) is 1. The zero-order valence-corrected chi connectivity index (χ0v) is 13.5. The number of carbonyl (C=O) groups is 1. The van der Waals surface area contributed by atoms with Gasteiger partial charge in [-0.25, -0.2) is 4.98 Å². The van der Waals surface area contributed by atoms with Crippen LogP contribution >= 0.6 is 0 Å². The minimum absolute atomic E-state index is 0.0600. The van der Waals surface area contributed by atoms with Gasteiger partial charge in [-0.1, -0.05) is 37.3 Å². The van der Waals surface area contributed by atoms with Crippen molar-refractivity contribution in [2.75, 3.05) is 18.0 Å². The maximum atomic E-state index is 12.6. The molecule has 1 atom stereocenters. The predicted octanol–water partition coefficient (Wildman–Crippen LogP) is 3.25. The Bertz CT molecular complexity index is 657. The maximum absolute atomic E-state index is 12.6. The van der Waals surface area contributed by atoms with E-state index in [2.05, 4.69) is 22.1 Å². The van der Waals surface area contributed by atoms with E-state index in [0.717, 1.165) is 30.9 Å². The molecule has 3 rings (SSSR count). The molecule has 0 saturated carbocycles. The Hall–Kier alpha value is -2.36. The Morgan fingerprint density at radius 1 is 1.26 bits per heavy atom. The van der Waals surface area contributed by atoms with Gasteiger partial charge in [0.2, 0.25) is 0 Å². The molecule has 0 radical (unpaired) electrons. The summed E-state index contributed by atoms with van der Waals surface area (Å²) in [5, 5.41) is 3.00. The first-order valence-electron chi connectivity index (χ1n) is 8.26. The monoisotopic (exact) mass is 309 g/mol. The van der Waals surface area contributed by atoms with Crippen LogP contribution in [0.4, 0.5) is 5.82 Å². The number of hydrogen-bond acceptors (Lipinski definition) is 3. The number of amides is 1. The van der Waals surface area contributed by atoms with E-state index in [9.17, 15) is 4.79 Å². The van der Waals surface area contributed by atoms with E-state index in [1.165, 1.54) is 6.42 Å². The molecular formula is C19H23N3O. The van der Waals surface area contributed by atoms with Crippen molar-refractivity contribution in [3.05, 3.63) is 59.8 Å². The van der Waals surface area contributed by atoms with Crippen molar-refractivity contribution in [2.45, 2.75) is 26.3 Å². The number of anilines is 1. The van der Waals surface area contributed by atoms with Gasteiger partial charge in [-0.15, -0.1) is 0 Å². The van der Waals surface area contributed by atoms with Gasteiger partial charge >= 0.3 is 0 Å². The van der Waals surface area contributed by atoms with E-state index < -0.39 is 0 Å². The zero-order chi connectivity index (χ0) is 16.1. The molecule has 1 aromatic heterocycles. The topological polar surface area (TPSA) is 45.2 Å². The highest BCUT2D eigenvalue weighted by atomic mass is 16.1. The van der Waals surface area contributed by atoms with Crippen LogP contribution in [0.2, 0.25) is 0 Å². The first kappa shape index (κ1) is 15.5. The van der Waals surface area contributed by atoms with Crippen LogP contribution in [0.1, 0.15) is 35.7 Å². The second-order valence-electron chi connectivity index (χ2n) is 6.24. The molecule has 1 aromatic carbocycles. The molecule has 0 bridgehead atoms. The Kier molecular flexibility index (Phi) is 4.91. The summed E-state index contributed by atoms with van der Waals surface area (Å²) in [5.74, 6) is 1.39. The minimum Gasteiger partial charge on any atom is -0.356 e. The summed E-state index contributed by atoms with van der Waals surface area (Å²) < 4.78 is 0. The van der Waals surface area contributed by atoms with Crippen molar-refractivity contribution in [3.8, 4) is 0 Å². The van der Waals surface area contributed by atoms with E-state index in [0.29, 0.717) is 18.0 Å². The van der Waals surface area contributed by atoms with Crippen LogP contribution in [0.5, 0.6) is 0 Å². The fourth-order valence-corrected chi connectivity index (χ4v) is 3.08. The number of nitrogens with one attached hydrogen (secondary N) is 1. The molecule has 0 aliphatic carbocycles. The summed E-state index contributed by atoms with van der Waals surface area (Å²) in [4.78, 5) is 19.3. The van der Waals surface area contributed by atoms with Crippen molar-refractivity contribution in [1.29, 1.82) is 0 Å². The van der Waals surface area contributed by atoms with Gasteiger partial charge in [-0.05, 0) is 36.5 Å². The zero-order valence-electron chi connectivity index (χ0n) is 13.5. The van der Waals surface area contributed by atoms with E-state index in [1.54, 1.807) is 6.20 Å². The summed E-state index contributed by atoms with van der Waals surface area (Å²) in [7, 11) is 0. The molecular weight excluding hydrogens is 286 g/mol. The third-order valence-corrected chi connectivity index (χ3v) is 4.28. The lowest BCUT2D eigenvalue weighted by Crippen LogP contribution is -2.36. The highest BCUT2D eigenvalue weighted by Crippen LogP contribution is 2.24. The Morgan fingerprint density at radius 2 is 2.09 bits per heavy atom. The van der Waals surface area contributed by atoms with Gasteiger partial charge in [0.25, 0.3) is 5.91 Å². The number of nitrogens with zero attached hydrogens (tertiary/aromatic N) is 2. The third-order valence-electron chi connectivity index (χ3n) is 4.28. The van der Waals surface area contributed by atoms with Gasteiger partial charge in [0.15, 0.2) is 0 Å². The highest BCUT2D eigenvalue weighted by molar-refractivity contribution is 5.98. The number of pyridine rings is 1. The number of piperidine rings is 1. The largest absolute Gasteiger partial charge is 0.356 e. The van der Waals surface area contributed by atoms with Gasteiger partial charge in [-0.3, -0.25) is 4.79 Å². The number of carbonyl (C=O) groups excluding carboxylic acids is 1. The fraction of sp³-hybridized carbons (Fsp3) is 0.368. The first-order chi connectivity index (χ1) is 11.2. The van der Waals surface area contributed by atoms with Gasteiger partial charge in [0.05, 0.1) is 5.56 Å². The molecule has 0 unspecified atom stereocenters. The average molecular weight is 309 g/mol. The SMILES string of the molecule is C[C@@H]1CCCN(c2ncccc2C(=O)NCc2ccccc2)C1. The minimum atomic E-state index is -0.0600. The Balaban J connectivity index is 1.73. The van der Waals surface area contributed by atoms with E-state index >= 15 is 0 Å². The van der Waals surface area contributed by atoms with E-state index in [-0.39, 0.29) is 5.91 Å². The van der Waals surface area contributed by atoms with E-state index in [1.807, 2.05) is 42.5 Å². The summed E-state index contributed by atoms with van der Waals surface area (Å²) >= 11 is 0. The van der Waals surface area contributed by atoms with Crippen LogP contribution in [-0.2, 0) is 6.54 Å². The summed E-state index contributed by atoms with van der Waals surface area (Å²) in [5.41, 5.74) is 1.76. The van der Waals surface area contributed by atoms with Crippen molar-refractivity contribution in [1.82, 2.24) is 10.3 Å². The number of aromatic nitrogens is 1. The number of benzene rings is 1. The molecule has 23 heavy (non-hydrogen) atoms. The molecule has 1 fully saturated rings. The van der Waals surface area contributed by atoms with Crippen molar-refractivity contribution in [2.24, 2.45) is 5.92 Å². The summed E-state index contributed by atoms with van der Waals surface area (Å²) in [6.07, 6.45) is 4.17. The van der Waals surface area contributed by atoms with Crippen LogP contribution in [0.15, 0.2) is 48.7 Å². The molecule has 1 saturated heterocycles. The Labute approximate surface area is 137 Å².